The Morgan fingerprint density at radius 2 is 1.57 bits per heavy atom. The van der Waals surface area contributed by atoms with Gasteiger partial charge in [0, 0.05) is 51.4 Å². The molecule has 1 saturated heterocycles. The summed E-state index contributed by atoms with van der Waals surface area (Å²) in [6.07, 6.45) is 0. The summed E-state index contributed by atoms with van der Waals surface area (Å²) in [6, 6.07) is 16.1. The highest BCUT2D eigenvalue weighted by Crippen LogP contribution is 2.14. The number of amides is 1. The topological polar surface area (TPSA) is 61.4 Å². The van der Waals surface area contributed by atoms with Gasteiger partial charge >= 0.3 is 0 Å². The molecule has 1 amide bonds. The molecule has 6 nitrogen and oxygen atoms in total. The van der Waals surface area contributed by atoms with Crippen molar-refractivity contribution in [3.05, 3.63) is 71.0 Å². The maximum Gasteiger partial charge on any atom is 0.251 e. The Kier molecular flexibility index (Phi) is 6.35. The third kappa shape index (κ3) is 5.01. The van der Waals surface area contributed by atoms with E-state index in [-0.39, 0.29) is 5.91 Å². The van der Waals surface area contributed by atoms with Crippen LogP contribution in [0.2, 0.25) is 0 Å². The van der Waals surface area contributed by atoms with E-state index in [9.17, 15) is 4.79 Å². The van der Waals surface area contributed by atoms with Crippen LogP contribution in [-0.4, -0.2) is 64.9 Å². The van der Waals surface area contributed by atoms with E-state index in [0.29, 0.717) is 12.1 Å². The molecule has 1 aliphatic rings. The molecule has 1 aliphatic heterocycles. The second kappa shape index (κ2) is 9.32. The van der Waals surface area contributed by atoms with Crippen LogP contribution in [0.1, 0.15) is 27.3 Å². The smallest absolute Gasteiger partial charge is 0.251 e. The number of hydrogen-bond donors (Lipinski definition) is 1. The SMILES string of the molecule is Cc1nc2ccc(C(=O)NCCN3CCN(Cc4ccccc4)CC3)cc2nc1C. The van der Waals surface area contributed by atoms with E-state index >= 15 is 0 Å². The first-order chi connectivity index (χ1) is 14.6. The van der Waals surface area contributed by atoms with Gasteiger partial charge in [0.05, 0.1) is 22.4 Å². The first kappa shape index (κ1) is 20.4. The van der Waals surface area contributed by atoms with Crippen LogP contribution in [0.5, 0.6) is 0 Å². The van der Waals surface area contributed by atoms with Gasteiger partial charge in [0.15, 0.2) is 0 Å². The highest BCUT2D eigenvalue weighted by molar-refractivity contribution is 5.97. The number of fused-ring (bicyclic) bond motifs is 1. The molecule has 30 heavy (non-hydrogen) atoms. The Balaban J connectivity index is 1.23. The fourth-order valence-corrected chi connectivity index (χ4v) is 3.81. The molecule has 1 aromatic heterocycles. The summed E-state index contributed by atoms with van der Waals surface area (Å²) in [6.45, 7) is 10.6. The summed E-state index contributed by atoms with van der Waals surface area (Å²) < 4.78 is 0. The molecule has 0 bridgehead atoms. The molecule has 2 aromatic carbocycles. The van der Waals surface area contributed by atoms with Crippen molar-refractivity contribution in [2.24, 2.45) is 0 Å². The quantitative estimate of drug-likeness (QED) is 0.686. The van der Waals surface area contributed by atoms with Crippen LogP contribution in [0.3, 0.4) is 0 Å². The second-order valence-corrected chi connectivity index (χ2v) is 7.96. The van der Waals surface area contributed by atoms with E-state index < -0.39 is 0 Å². The van der Waals surface area contributed by atoms with E-state index in [1.807, 2.05) is 32.0 Å². The third-order valence-corrected chi connectivity index (χ3v) is 5.77. The molecule has 0 unspecified atom stereocenters. The summed E-state index contributed by atoms with van der Waals surface area (Å²) in [5.74, 6) is -0.0559. The summed E-state index contributed by atoms with van der Waals surface area (Å²) in [5, 5.41) is 3.05. The monoisotopic (exact) mass is 403 g/mol. The van der Waals surface area contributed by atoms with Crippen LogP contribution in [-0.2, 0) is 6.54 Å². The summed E-state index contributed by atoms with van der Waals surface area (Å²) in [5.41, 5.74) is 5.40. The van der Waals surface area contributed by atoms with Crippen molar-refractivity contribution in [1.82, 2.24) is 25.1 Å². The largest absolute Gasteiger partial charge is 0.351 e. The number of nitrogens with zero attached hydrogens (tertiary/aromatic N) is 4. The van der Waals surface area contributed by atoms with Gasteiger partial charge in [0.2, 0.25) is 0 Å². The van der Waals surface area contributed by atoms with Gasteiger partial charge < -0.3 is 5.32 Å². The third-order valence-electron chi connectivity index (χ3n) is 5.77. The predicted molar refractivity (Wildman–Crippen MR) is 120 cm³/mol. The van der Waals surface area contributed by atoms with Crippen LogP contribution < -0.4 is 5.32 Å². The average Bonchev–Trinajstić information content (AvgIpc) is 2.76. The Morgan fingerprint density at radius 3 is 2.30 bits per heavy atom. The number of carbonyl (C=O) groups excluding carboxylic acids is 1. The van der Waals surface area contributed by atoms with E-state index in [4.69, 9.17) is 0 Å². The molecule has 0 atom stereocenters. The molecule has 156 valence electrons. The van der Waals surface area contributed by atoms with Gasteiger partial charge in [0.1, 0.15) is 0 Å². The maximum atomic E-state index is 12.6. The van der Waals surface area contributed by atoms with Gasteiger partial charge in [0.25, 0.3) is 5.91 Å². The lowest BCUT2D eigenvalue weighted by atomic mass is 10.1. The van der Waals surface area contributed by atoms with Crippen LogP contribution >= 0.6 is 0 Å². The zero-order valence-corrected chi connectivity index (χ0v) is 17.8. The fourth-order valence-electron chi connectivity index (χ4n) is 3.81. The van der Waals surface area contributed by atoms with Crippen molar-refractivity contribution in [1.29, 1.82) is 0 Å². The number of aromatic nitrogens is 2. The molecular formula is C24H29N5O. The Hall–Kier alpha value is -2.83. The molecule has 0 radical (unpaired) electrons. The van der Waals surface area contributed by atoms with E-state index in [1.54, 1.807) is 0 Å². The molecule has 4 rings (SSSR count). The van der Waals surface area contributed by atoms with Crippen molar-refractivity contribution >= 4 is 16.9 Å². The zero-order chi connectivity index (χ0) is 20.9. The molecular weight excluding hydrogens is 374 g/mol. The average molecular weight is 404 g/mol. The number of hydrogen-bond acceptors (Lipinski definition) is 5. The number of piperazine rings is 1. The van der Waals surface area contributed by atoms with Gasteiger partial charge in [-0.25, -0.2) is 9.97 Å². The van der Waals surface area contributed by atoms with Crippen molar-refractivity contribution in [2.75, 3.05) is 39.3 Å². The van der Waals surface area contributed by atoms with E-state index in [2.05, 4.69) is 55.4 Å². The minimum absolute atomic E-state index is 0.0559. The summed E-state index contributed by atoms with van der Waals surface area (Å²) in [4.78, 5) is 26.5. The number of benzene rings is 2. The maximum absolute atomic E-state index is 12.6. The van der Waals surface area contributed by atoms with Crippen LogP contribution in [0.15, 0.2) is 48.5 Å². The second-order valence-electron chi connectivity index (χ2n) is 7.96. The lowest BCUT2D eigenvalue weighted by Crippen LogP contribution is -2.48. The Morgan fingerprint density at radius 1 is 0.900 bits per heavy atom. The van der Waals surface area contributed by atoms with Gasteiger partial charge in [-0.1, -0.05) is 30.3 Å². The highest BCUT2D eigenvalue weighted by Gasteiger charge is 2.17. The summed E-state index contributed by atoms with van der Waals surface area (Å²) in [7, 11) is 0. The van der Waals surface area contributed by atoms with Crippen molar-refractivity contribution in [3.63, 3.8) is 0 Å². The standard InChI is InChI=1S/C24H29N5O/c1-18-19(2)27-23-16-21(8-9-22(23)26-18)24(30)25-10-11-28-12-14-29(15-13-28)17-20-6-4-3-5-7-20/h3-9,16H,10-15,17H2,1-2H3,(H,25,30). The van der Waals surface area contributed by atoms with Crippen LogP contribution in [0, 0.1) is 13.8 Å². The number of carbonyl (C=O) groups is 1. The molecule has 0 aliphatic carbocycles. The van der Waals surface area contributed by atoms with Gasteiger partial charge in [-0.05, 0) is 37.6 Å². The minimum Gasteiger partial charge on any atom is -0.351 e. The van der Waals surface area contributed by atoms with Gasteiger partial charge in [-0.2, -0.15) is 0 Å². The zero-order valence-electron chi connectivity index (χ0n) is 17.8. The first-order valence-corrected chi connectivity index (χ1v) is 10.6. The Labute approximate surface area is 177 Å². The predicted octanol–water partition coefficient (Wildman–Crippen LogP) is 2.79. The van der Waals surface area contributed by atoms with Gasteiger partial charge in [-0.15, -0.1) is 0 Å². The molecule has 1 fully saturated rings. The molecule has 0 saturated carbocycles. The number of aryl methyl sites for hydroxylation is 2. The number of rotatable bonds is 6. The van der Waals surface area contributed by atoms with E-state index in [0.717, 1.165) is 61.7 Å². The van der Waals surface area contributed by atoms with E-state index in [1.165, 1.54) is 5.56 Å². The molecule has 6 heteroatoms. The molecule has 2 heterocycles. The van der Waals surface area contributed by atoms with Crippen molar-refractivity contribution in [3.8, 4) is 0 Å². The number of nitrogens with one attached hydrogen (secondary N) is 1. The highest BCUT2D eigenvalue weighted by atomic mass is 16.1. The minimum atomic E-state index is -0.0559. The van der Waals surface area contributed by atoms with Crippen molar-refractivity contribution in [2.45, 2.75) is 20.4 Å². The molecule has 1 N–H and O–H groups in total. The van der Waals surface area contributed by atoms with Crippen molar-refractivity contribution < 1.29 is 4.79 Å². The summed E-state index contributed by atoms with van der Waals surface area (Å²) >= 11 is 0. The first-order valence-electron chi connectivity index (χ1n) is 10.6. The fraction of sp³-hybridized carbons (Fsp3) is 0.375. The lowest BCUT2D eigenvalue weighted by Gasteiger charge is -2.34. The normalized spacial score (nSPS) is 15.4. The van der Waals surface area contributed by atoms with Gasteiger partial charge in [-0.3, -0.25) is 14.6 Å². The molecule has 0 spiro atoms. The molecule has 3 aromatic rings. The van der Waals surface area contributed by atoms with Crippen LogP contribution in [0.25, 0.3) is 11.0 Å². The lowest BCUT2D eigenvalue weighted by molar-refractivity contribution is 0.0934. The van der Waals surface area contributed by atoms with Crippen LogP contribution in [0.4, 0.5) is 0 Å². The Bertz CT molecular complexity index is 1010.